The number of halogens is 1. The van der Waals surface area contributed by atoms with Gasteiger partial charge in [-0.25, -0.2) is 0 Å². The van der Waals surface area contributed by atoms with E-state index in [2.05, 4.69) is 24.5 Å². The minimum absolute atomic E-state index is 0. The van der Waals surface area contributed by atoms with E-state index in [1.165, 1.54) is 25.7 Å². The Kier molecular flexibility index (Phi) is 11.4. The van der Waals surface area contributed by atoms with Crippen LogP contribution in [0.15, 0.2) is 0 Å². The van der Waals surface area contributed by atoms with E-state index in [0.29, 0.717) is 0 Å². The van der Waals surface area contributed by atoms with Crippen LogP contribution in [0.25, 0.3) is 0 Å². The Balaban J connectivity index is 0.00000324. The van der Waals surface area contributed by atoms with Gasteiger partial charge in [0.15, 0.2) is 0 Å². The van der Waals surface area contributed by atoms with E-state index in [4.69, 9.17) is 0 Å². The summed E-state index contributed by atoms with van der Waals surface area (Å²) in [6, 6.07) is 0. The Morgan fingerprint density at radius 3 is 2.47 bits per heavy atom. The van der Waals surface area contributed by atoms with Crippen LogP contribution in [0.1, 0.15) is 58.8 Å². The van der Waals surface area contributed by atoms with Crippen LogP contribution in [-0.2, 0) is 4.79 Å². The lowest BCUT2D eigenvalue weighted by atomic mass is 9.89. The smallest absolute Gasteiger partial charge is 0.223 e. The summed E-state index contributed by atoms with van der Waals surface area (Å²) in [6.07, 6.45) is 8.68. The Bertz CT molecular complexity index is 230. The molecule has 1 aliphatic rings. The summed E-state index contributed by atoms with van der Waals surface area (Å²) in [5.74, 6) is 1.34. The first-order valence-corrected chi connectivity index (χ1v) is 7.76. The van der Waals surface area contributed by atoms with Crippen molar-refractivity contribution in [1.29, 1.82) is 0 Å². The largest absolute Gasteiger partial charge is 0.355 e. The zero-order chi connectivity index (χ0) is 13.2. The fourth-order valence-electron chi connectivity index (χ4n) is 2.95. The number of carbonyl (C=O) groups excluding carboxylic acids is 1. The molecule has 1 amide bonds. The average molecular weight is 291 g/mol. The number of rotatable bonds is 9. The minimum Gasteiger partial charge on any atom is -0.355 e. The zero-order valence-electron chi connectivity index (χ0n) is 12.5. The monoisotopic (exact) mass is 290 g/mol. The van der Waals surface area contributed by atoms with Crippen molar-refractivity contribution >= 4 is 18.3 Å². The molecule has 0 aliphatic heterocycles. The van der Waals surface area contributed by atoms with E-state index in [0.717, 1.165) is 44.8 Å². The van der Waals surface area contributed by atoms with Gasteiger partial charge in [-0.05, 0) is 25.3 Å². The predicted molar refractivity (Wildman–Crippen MR) is 83.8 cm³/mol. The Morgan fingerprint density at radius 1 is 1.21 bits per heavy atom. The second-order valence-corrected chi connectivity index (χ2v) is 5.52. The first-order valence-electron chi connectivity index (χ1n) is 7.76. The van der Waals surface area contributed by atoms with Crippen molar-refractivity contribution in [3.63, 3.8) is 0 Å². The summed E-state index contributed by atoms with van der Waals surface area (Å²) in [4.78, 5) is 12.1. The first-order chi connectivity index (χ1) is 8.77. The molecule has 2 N–H and O–H groups in total. The molecular weight excluding hydrogens is 260 g/mol. The highest BCUT2D eigenvalue weighted by molar-refractivity contribution is 5.85. The highest BCUT2D eigenvalue weighted by Crippen LogP contribution is 2.31. The van der Waals surface area contributed by atoms with Crippen molar-refractivity contribution in [2.45, 2.75) is 58.8 Å². The number of likely N-dealkylation sites (N-methyl/N-ethyl adjacent to an activating group) is 1. The summed E-state index contributed by atoms with van der Waals surface area (Å²) < 4.78 is 0. The molecule has 0 spiro atoms. The standard InChI is InChI=1S/C15H30N2O.ClH/c1-3-7-14(12-13-8-5-6-9-13)15(18)17-11-10-16-4-2;/h13-14,16H,3-12H2,1-2H3,(H,17,18);1H. The van der Waals surface area contributed by atoms with Crippen molar-refractivity contribution in [3.05, 3.63) is 0 Å². The van der Waals surface area contributed by atoms with Gasteiger partial charge < -0.3 is 10.6 Å². The van der Waals surface area contributed by atoms with E-state index < -0.39 is 0 Å². The highest BCUT2D eigenvalue weighted by atomic mass is 35.5. The molecule has 1 unspecified atom stereocenters. The molecule has 1 fully saturated rings. The molecule has 1 saturated carbocycles. The van der Waals surface area contributed by atoms with Gasteiger partial charge in [-0.2, -0.15) is 0 Å². The molecule has 0 saturated heterocycles. The fraction of sp³-hybridized carbons (Fsp3) is 0.933. The van der Waals surface area contributed by atoms with Crippen LogP contribution >= 0.6 is 12.4 Å². The molecule has 0 heterocycles. The molecule has 1 rings (SSSR count). The van der Waals surface area contributed by atoms with Gasteiger partial charge in [0, 0.05) is 19.0 Å². The molecule has 0 aromatic carbocycles. The van der Waals surface area contributed by atoms with Crippen LogP contribution in [0.5, 0.6) is 0 Å². The number of nitrogens with one attached hydrogen (secondary N) is 2. The maximum Gasteiger partial charge on any atom is 0.223 e. The average Bonchev–Trinajstić information content (AvgIpc) is 2.87. The van der Waals surface area contributed by atoms with Gasteiger partial charge in [0.05, 0.1) is 0 Å². The van der Waals surface area contributed by atoms with Crippen LogP contribution in [0.2, 0.25) is 0 Å². The van der Waals surface area contributed by atoms with E-state index in [9.17, 15) is 4.79 Å². The molecule has 1 aliphatic carbocycles. The topological polar surface area (TPSA) is 41.1 Å². The second kappa shape index (κ2) is 11.5. The van der Waals surface area contributed by atoms with Gasteiger partial charge in [0.1, 0.15) is 0 Å². The van der Waals surface area contributed by atoms with E-state index >= 15 is 0 Å². The van der Waals surface area contributed by atoms with E-state index in [-0.39, 0.29) is 24.2 Å². The third kappa shape index (κ3) is 7.78. The number of carbonyl (C=O) groups is 1. The predicted octanol–water partition coefficient (Wildman–Crippen LogP) is 3.13. The zero-order valence-corrected chi connectivity index (χ0v) is 13.4. The third-order valence-corrected chi connectivity index (χ3v) is 3.95. The fourth-order valence-corrected chi connectivity index (χ4v) is 2.95. The Hall–Kier alpha value is -0.280. The van der Waals surface area contributed by atoms with E-state index in [1.54, 1.807) is 0 Å². The molecule has 0 bridgehead atoms. The molecule has 0 aromatic heterocycles. The second-order valence-electron chi connectivity index (χ2n) is 5.52. The van der Waals surface area contributed by atoms with E-state index in [1.807, 2.05) is 0 Å². The van der Waals surface area contributed by atoms with Crippen LogP contribution in [0, 0.1) is 11.8 Å². The molecule has 19 heavy (non-hydrogen) atoms. The Labute approximate surface area is 124 Å². The summed E-state index contributed by atoms with van der Waals surface area (Å²) >= 11 is 0. The molecule has 3 nitrogen and oxygen atoms in total. The lowest BCUT2D eigenvalue weighted by molar-refractivity contribution is -0.125. The lowest BCUT2D eigenvalue weighted by Crippen LogP contribution is -2.36. The normalized spacial score (nSPS) is 16.9. The number of hydrogen-bond donors (Lipinski definition) is 2. The van der Waals surface area contributed by atoms with Crippen molar-refractivity contribution in [2.75, 3.05) is 19.6 Å². The third-order valence-electron chi connectivity index (χ3n) is 3.95. The maximum atomic E-state index is 12.1. The van der Waals surface area contributed by atoms with Gasteiger partial charge in [-0.15, -0.1) is 12.4 Å². The van der Waals surface area contributed by atoms with Crippen molar-refractivity contribution < 1.29 is 4.79 Å². The molecule has 1 atom stereocenters. The lowest BCUT2D eigenvalue weighted by Gasteiger charge is -2.19. The van der Waals surface area contributed by atoms with Crippen LogP contribution < -0.4 is 10.6 Å². The molecule has 114 valence electrons. The summed E-state index contributed by atoms with van der Waals surface area (Å²) in [5.41, 5.74) is 0. The van der Waals surface area contributed by atoms with Gasteiger partial charge in [0.2, 0.25) is 5.91 Å². The number of amides is 1. The van der Waals surface area contributed by atoms with Crippen molar-refractivity contribution in [1.82, 2.24) is 10.6 Å². The molecule has 0 radical (unpaired) electrons. The molecule has 0 aromatic rings. The van der Waals surface area contributed by atoms with Crippen molar-refractivity contribution in [3.8, 4) is 0 Å². The highest BCUT2D eigenvalue weighted by Gasteiger charge is 2.24. The molecule has 4 heteroatoms. The summed E-state index contributed by atoms with van der Waals surface area (Å²) in [7, 11) is 0. The van der Waals surface area contributed by atoms with Crippen LogP contribution in [-0.4, -0.2) is 25.5 Å². The van der Waals surface area contributed by atoms with Gasteiger partial charge in [-0.3, -0.25) is 4.79 Å². The van der Waals surface area contributed by atoms with Crippen LogP contribution in [0.4, 0.5) is 0 Å². The number of hydrogen-bond acceptors (Lipinski definition) is 2. The quantitative estimate of drug-likeness (QED) is 0.641. The summed E-state index contributed by atoms with van der Waals surface area (Å²) in [5, 5.41) is 6.31. The first kappa shape index (κ1) is 18.7. The van der Waals surface area contributed by atoms with Crippen LogP contribution in [0.3, 0.4) is 0 Å². The Morgan fingerprint density at radius 2 is 1.89 bits per heavy atom. The maximum absolute atomic E-state index is 12.1. The van der Waals surface area contributed by atoms with Gasteiger partial charge in [0.25, 0.3) is 0 Å². The van der Waals surface area contributed by atoms with Gasteiger partial charge >= 0.3 is 0 Å². The van der Waals surface area contributed by atoms with Crippen molar-refractivity contribution in [2.24, 2.45) is 11.8 Å². The summed E-state index contributed by atoms with van der Waals surface area (Å²) in [6.45, 7) is 6.87. The molecular formula is C15H31ClN2O. The van der Waals surface area contributed by atoms with Gasteiger partial charge in [-0.1, -0.05) is 46.0 Å². The minimum atomic E-state index is 0. The SMILES string of the molecule is CCCC(CC1CCCC1)C(=O)NCCNCC.Cl.